The van der Waals surface area contributed by atoms with Crippen LogP contribution >= 0.6 is 0 Å². The van der Waals surface area contributed by atoms with Crippen LogP contribution < -0.4 is 0 Å². The second-order valence-corrected chi connectivity index (χ2v) is 7.42. The van der Waals surface area contributed by atoms with E-state index < -0.39 is 6.10 Å². The number of hydrogen-bond acceptors (Lipinski definition) is 5. The van der Waals surface area contributed by atoms with Crippen molar-refractivity contribution in [1.82, 2.24) is 19.9 Å². The molecule has 0 aromatic carbocycles. The number of pyridine rings is 4. The van der Waals surface area contributed by atoms with Crippen LogP contribution in [0.15, 0.2) is 72.8 Å². The highest BCUT2D eigenvalue weighted by Gasteiger charge is 2.12. The van der Waals surface area contributed by atoms with Crippen LogP contribution in [0.25, 0.3) is 22.8 Å². The van der Waals surface area contributed by atoms with Gasteiger partial charge >= 0.3 is 0 Å². The molecule has 5 nitrogen and oxygen atoms in total. The highest BCUT2D eigenvalue weighted by molar-refractivity contribution is 5.55. The van der Waals surface area contributed by atoms with Gasteiger partial charge < -0.3 is 5.11 Å². The van der Waals surface area contributed by atoms with E-state index in [4.69, 9.17) is 0 Å². The van der Waals surface area contributed by atoms with Crippen molar-refractivity contribution in [1.29, 1.82) is 0 Å². The summed E-state index contributed by atoms with van der Waals surface area (Å²) in [7, 11) is 0. The van der Waals surface area contributed by atoms with Gasteiger partial charge in [0.1, 0.15) is 0 Å². The molecule has 30 heavy (non-hydrogen) atoms. The summed E-state index contributed by atoms with van der Waals surface area (Å²) in [5.41, 5.74) is 6.88. The first-order chi connectivity index (χ1) is 14.6. The first-order valence-electron chi connectivity index (χ1n) is 10.0. The molecule has 0 atom stereocenters. The first kappa shape index (κ1) is 19.9. The summed E-state index contributed by atoms with van der Waals surface area (Å²) < 4.78 is 0. The summed E-state index contributed by atoms with van der Waals surface area (Å²) in [4.78, 5) is 18.4. The molecule has 4 rings (SSSR count). The monoisotopic (exact) mass is 396 g/mol. The van der Waals surface area contributed by atoms with Gasteiger partial charge in [0, 0.05) is 35.6 Å². The Hall–Kier alpha value is -3.44. The fourth-order valence-electron chi connectivity index (χ4n) is 3.40. The van der Waals surface area contributed by atoms with Crippen LogP contribution in [0.3, 0.4) is 0 Å². The van der Waals surface area contributed by atoms with Crippen molar-refractivity contribution in [2.24, 2.45) is 0 Å². The SMILES string of the molecule is Cc1cccc(-c2cccc(CC(O)Cc3cccc(-c4cccc(C)n4)n3)n2)n1. The van der Waals surface area contributed by atoms with Gasteiger partial charge in [-0.15, -0.1) is 0 Å². The van der Waals surface area contributed by atoms with Crippen LogP contribution in [0, 0.1) is 13.8 Å². The molecule has 0 aliphatic heterocycles. The normalized spacial score (nSPS) is 11.1. The van der Waals surface area contributed by atoms with Gasteiger partial charge in [0.25, 0.3) is 0 Å². The highest BCUT2D eigenvalue weighted by atomic mass is 16.3. The van der Waals surface area contributed by atoms with Crippen LogP contribution in [0.5, 0.6) is 0 Å². The lowest BCUT2D eigenvalue weighted by atomic mass is 10.1. The van der Waals surface area contributed by atoms with Gasteiger partial charge in [-0.3, -0.25) is 19.9 Å². The Morgan fingerprint density at radius 3 is 1.33 bits per heavy atom. The molecule has 0 spiro atoms. The summed E-state index contributed by atoms with van der Waals surface area (Å²) in [5.74, 6) is 0. The van der Waals surface area contributed by atoms with Gasteiger partial charge in [-0.05, 0) is 62.4 Å². The second-order valence-electron chi connectivity index (χ2n) is 7.42. The summed E-state index contributed by atoms with van der Waals surface area (Å²) in [5, 5.41) is 10.7. The lowest BCUT2D eigenvalue weighted by Crippen LogP contribution is -2.16. The Labute approximate surface area is 176 Å². The third-order valence-electron chi connectivity index (χ3n) is 4.80. The largest absolute Gasteiger partial charge is 0.392 e. The number of hydrogen-bond donors (Lipinski definition) is 1. The summed E-state index contributed by atoms with van der Waals surface area (Å²) in [6, 6.07) is 23.4. The Balaban J connectivity index is 1.47. The molecule has 4 heterocycles. The average molecular weight is 396 g/mol. The van der Waals surface area contributed by atoms with E-state index in [9.17, 15) is 5.11 Å². The van der Waals surface area contributed by atoms with E-state index in [1.807, 2.05) is 86.6 Å². The van der Waals surface area contributed by atoms with Crippen molar-refractivity contribution in [3.05, 3.63) is 95.6 Å². The molecule has 4 aromatic rings. The lowest BCUT2D eigenvalue weighted by Gasteiger charge is -2.12. The van der Waals surface area contributed by atoms with E-state index in [1.165, 1.54) is 0 Å². The van der Waals surface area contributed by atoms with Crippen molar-refractivity contribution in [2.45, 2.75) is 32.8 Å². The molecule has 0 radical (unpaired) electrons. The Morgan fingerprint density at radius 2 is 0.933 bits per heavy atom. The van der Waals surface area contributed by atoms with Gasteiger partial charge in [-0.1, -0.05) is 24.3 Å². The van der Waals surface area contributed by atoms with Crippen molar-refractivity contribution in [3.63, 3.8) is 0 Å². The minimum absolute atomic E-state index is 0.453. The standard InChI is InChI=1S/C25H24N4O/c1-17-7-3-11-22(26-17)24-13-5-9-19(28-24)15-21(30)16-20-10-6-14-25(29-20)23-12-4-8-18(2)27-23/h3-14,21,30H,15-16H2,1-2H3. The third kappa shape index (κ3) is 4.93. The van der Waals surface area contributed by atoms with E-state index in [0.29, 0.717) is 12.8 Å². The van der Waals surface area contributed by atoms with Crippen LogP contribution in [-0.4, -0.2) is 31.1 Å². The number of rotatable bonds is 6. The summed E-state index contributed by atoms with van der Waals surface area (Å²) in [6.07, 6.45) is 0.328. The zero-order valence-electron chi connectivity index (χ0n) is 17.2. The smallest absolute Gasteiger partial charge is 0.0889 e. The molecule has 0 fully saturated rings. The predicted octanol–water partition coefficient (Wildman–Crippen LogP) is 4.36. The Morgan fingerprint density at radius 1 is 0.567 bits per heavy atom. The van der Waals surface area contributed by atoms with Crippen molar-refractivity contribution in [2.75, 3.05) is 0 Å². The van der Waals surface area contributed by atoms with Gasteiger partial charge in [0.2, 0.25) is 0 Å². The second kappa shape index (κ2) is 8.93. The molecule has 0 saturated carbocycles. The van der Waals surface area contributed by atoms with Gasteiger partial charge in [0.15, 0.2) is 0 Å². The van der Waals surface area contributed by atoms with Gasteiger partial charge in [-0.25, -0.2) is 0 Å². The third-order valence-corrected chi connectivity index (χ3v) is 4.80. The number of aryl methyl sites for hydroxylation is 2. The zero-order chi connectivity index (χ0) is 20.9. The van der Waals surface area contributed by atoms with E-state index in [-0.39, 0.29) is 0 Å². The molecule has 1 N–H and O–H groups in total. The number of aromatic nitrogens is 4. The maximum Gasteiger partial charge on any atom is 0.0889 e. The molecule has 0 aliphatic rings. The van der Waals surface area contributed by atoms with Crippen LogP contribution in [0.2, 0.25) is 0 Å². The zero-order valence-corrected chi connectivity index (χ0v) is 17.2. The van der Waals surface area contributed by atoms with E-state index >= 15 is 0 Å². The molecule has 0 unspecified atom stereocenters. The maximum atomic E-state index is 10.7. The maximum absolute atomic E-state index is 10.7. The van der Waals surface area contributed by atoms with Crippen molar-refractivity contribution in [3.8, 4) is 22.8 Å². The lowest BCUT2D eigenvalue weighted by molar-refractivity contribution is 0.173. The fourth-order valence-corrected chi connectivity index (χ4v) is 3.40. The fraction of sp³-hybridized carbons (Fsp3) is 0.200. The van der Waals surface area contributed by atoms with E-state index in [2.05, 4.69) is 19.9 Å². The summed E-state index contributed by atoms with van der Waals surface area (Å²) >= 11 is 0. The van der Waals surface area contributed by atoms with Crippen LogP contribution in [0.4, 0.5) is 0 Å². The molecule has 5 heteroatoms. The number of aliphatic hydroxyl groups is 1. The highest BCUT2D eigenvalue weighted by Crippen LogP contribution is 2.18. The van der Waals surface area contributed by atoms with Crippen LogP contribution in [-0.2, 0) is 12.8 Å². The van der Waals surface area contributed by atoms with E-state index in [1.54, 1.807) is 0 Å². The predicted molar refractivity (Wildman–Crippen MR) is 118 cm³/mol. The Bertz CT molecular complexity index is 1070. The molecule has 0 aliphatic carbocycles. The van der Waals surface area contributed by atoms with Gasteiger partial charge in [-0.2, -0.15) is 0 Å². The molecule has 0 amide bonds. The Kier molecular flexibility index (Phi) is 5.91. The number of aliphatic hydroxyl groups excluding tert-OH is 1. The first-order valence-corrected chi connectivity index (χ1v) is 10.0. The van der Waals surface area contributed by atoms with E-state index in [0.717, 1.165) is 45.6 Å². The molecule has 150 valence electrons. The van der Waals surface area contributed by atoms with Gasteiger partial charge in [0.05, 0.1) is 28.9 Å². The minimum atomic E-state index is -0.577. The quantitative estimate of drug-likeness (QED) is 0.524. The minimum Gasteiger partial charge on any atom is -0.392 e. The number of nitrogens with zero attached hydrogens (tertiary/aromatic N) is 4. The molecule has 0 saturated heterocycles. The summed E-state index contributed by atoms with van der Waals surface area (Å²) in [6.45, 7) is 3.93. The molecular formula is C25H24N4O. The van der Waals surface area contributed by atoms with Crippen molar-refractivity contribution >= 4 is 0 Å². The van der Waals surface area contributed by atoms with Crippen LogP contribution in [0.1, 0.15) is 22.8 Å². The molecular weight excluding hydrogens is 372 g/mol. The molecule has 4 aromatic heterocycles. The topological polar surface area (TPSA) is 71.8 Å². The van der Waals surface area contributed by atoms with Crippen molar-refractivity contribution < 1.29 is 5.11 Å². The molecule has 0 bridgehead atoms. The average Bonchev–Trinajstić information content (AvgIpc) is 2.74.